The number of hydrogen-bond donors (Lipinski definition) is 5. The number of nitrogens with one attached hydrogen (secondary N) is 1. The van der Waals surface area contributed by atoms with Gasteiger partial charge in [-0.25, -0.2) is 18.0 Å². The number of likely N-dealkylation sites (N-methyl/N-ethyl adjacent to an activating group) is 3. The van der Waals surface area contributed by atoms with Crippen molar-refractivity contribution in [3.05, 3.63) is 29.8 Å². The first-order valence-electron chi connectivity index (χ1n) is 36.8. The number of phosphoric acid groups is 1. The highest BCUT2D eigenvalue weighted by atomic mass is 32.2. The molecule has 1 saturated heterocycles. The number of aliphatic carboxylic acids is 5. The van der Waals surface area contributed by atoms with Crippen LogP contribution in [0.1, 0.15) is 220 Å². The van der Waals surface area contributed by atoms with Crippen molar-refractivity contribution in [1.82, 2.24) is 5.32 Å². The number of ether oxygens (including phenoxy) is 2. The fourth-order valence-corrected chi connectivity index (χ4v) is 12.6. The van der Waals surface area contributed by atoms with Crippen molar-refractivity contribution in [3.8, 4) is 5.75 Å². The van der Waals surface area contributed by atoms with E-state index in [9.17, 15) is 66.5 Å². The highest BCUT2D eigenvalue weighted by Gasteiger charge is 2.34. The minimum atomic E-state index is -4.31. The Labute approximate surface area is 601 Å². The maximum absolute atomic E-state index is 11.6. The van der Waals surface area contributed by atoms with Crippen LogP contribution in [0.5, 0.6) is 5.75 Å². The zero-order chi connectivity index (χ0) is 76.5. The second-order valence-electron chi connectivity index (χ2n) is 28.6. The molecular formula is C71H137N6O21PS. The number of amides is 1. The number of aliphatic hydroxyl groups excluding tert-OH is 1. The maximum atomic E-state index is 11.6. The van der Waals surface area contributed by atoms with Gasteiger partial charge in [0.1, 0.15) is 50.7 Å². The zero-order valence-corrected chi connectivity index (χ0v) is 65.1. The molecule has 0 aliphatic carbocycles. The lowest BCUT2D eigenvalue weighted by atomic mass is 9.92. The average molecular weight is 1470 g/mol. The van der Waals surface area contributed by atoms with Crippen LogP contribution in [0.4, 0.5) is 0 Å². The Morgan fingerprint density at radius 2 is 1.13 bits per heavy atom. The molecule has 0 aromatic heterocycles. The number of rotatable bonds is 55. The number of nitrogens with zero attached hydrogens (tertiary/aromatic N) is 4. The van der Waals surface area contributed by atoms with Gasteiger partial charge in [-0.3, -0.25) is 9.36 Å². The van der Waals surface area contributed by atoms with Gasteiger partial charge in [0.05, 0.1) is 115 Å². The third-order valence-corrected chi connectivity index (χ3v) is 18.8. The molecule has 7 N–H and O–H groups in total. The van der Waals surface area contributed by atoms with Crippen molar-refractivity contribution >= 4 is 53.7 Å². The molecule has 1 amide bonds. The molecule has 0 spiro atoms. The van der Waals surface area contributed by atoms with Crippen molar-refractivity contribution in [3.63, 3.8) is 0 Å². The lowest BCUT2D eigenvalue weighted by molar-refractivity contribution is -0.929. The number of benzene rings is 1. The SMILES string of the molecule is CC(C(=O)[O-])[N+]1(C)CCCCC1.CCCCC(CC)Cc1ccc(OCCOC[N+](C)(C)CC(=O)[O-])cc1.CCCCCCCCCCCCC(=O)NCCOP(=O)([O-])OCC[NH3+].CCCCCCCCCCCC[N+](CC(=O)[O-])(CC(=O)O)CC(=O)O.C[N+](C)(C)CC(O)CS(=O)(=O)[O-]. The van der Waals surface area contributed by atoms with Crippen molar-refractivity contribution in [2.45, 2.75) is 233 Å². The number of phosphoric ester groups is 1. The van der Waals surface area contributed by atoms with Gasteiger partial charge in [0, 0.05) is 13.0 Å². The minimum Gasteiger partial charge on any atom is -0.756 e. The predicted molar refractivity (Wildman–Crippen MR) is 378 cm³/mol. The quantitative estimate of drug-likeness (QED) is 0.0193. The minimum absolute atomic E-state index is 0.00583. The Bertz CT molecular complexity index is 2410. The first-order valence-corrected chi connectivity index (χ1v) is 39.8. The number of unbranched alkanes of at least 4 members (excludes halogenated alkanes) is 19. The van der Waals surface area contributed by atoms with E-state index < -0.39 is 83.8 Å². The van der Waals surface area contributed by atoms with Crippen molar-refractivity contribution in [2.24, 2.45) is 5.92 Å². The van der Waals surface area contributed by atoms with E-state index in [0.29, 0.717) is 48.3 Å². The van der Waals surface area contributed by atoms with Gasteiger partial charge in [0.15, 0.2) is 19.8 Å². The topological polar surface area (TPSA) is 406 Å². The van der Waals surface area contributed by atoms with Crippen LogP contribution in [0, 0.1) is 5.92 Å². The van der Waals surface area contributed by atoms with E-state index in [1.807, 2.05) is 19.2 Å². The number of aliphatic hydroxyl groups is 1. The molecule has 1 aromatic rings. The molecule has 1 heterocycles. The summed E-state index contributed by atoms with van der Waals surface area (Å²) in [6.45, 7) is 13.0. The Morgan fingerprint density at radius 1 is 0.660 bits per heavy atom. The van der Waals surface area contributed by atoms with Crippen LogP contribution >= 0.6 is 7.82 Å². The molecule has 1 aliphatic rings. The lowest BCUT2D eigenvalue weighted by Crippen LogP contribution is -2.60. The van der Waals surface area contributed by atoms with Gasteiger partial charge in [-0.1, -0.05) is 175 Å². The second kappa shape index (κ2) is 58.9. The van der Waals surface area contributed by atoms with Gasteiger partial charge in [-0.15, -0.1) is 0 Å². The van der Waals surface area contributed by atoms with Crippen LogP contribution in [0.2, 0.25) is 0 Å². The smallest absolute Gasteiger partial charge is 0.359 e. The Kier molecular flexibility index (Phi) is 58.8. The molecule has 1 aromatic carbocycles. The van der Waals surface area contributed by atoms with Gasteiger partial charge in [0.2, 0.25) is 5.91 Å². The molecule has 2 rings (SSSR count). The van der Waals surface area contributed by atoms with E-state index in [1.165, 1.54) is 128 Å². The van der Waals surface area contributed by atoms with Gasteiger partial charge in [-0.2, -0.15) is 0 Å². The van der Waals surface area contributed by atoms with Crippen LogP contribution in [0.15, 0.2) is 24.3 Å². The van der Waals surface area contributed by atoms with E-state index in [4.69, 9.17) is 24.8 Å². The highest BCUT2D eigenvalue weighted by Crippen LogP contribution is 2.37. The molecule has 29 heteroatoms. The summed E-state index contributed by atoms with van der Waals surface area (Å²) in [7, 11) is 2.45. The second-order valence-corrected chi connectivity index (χ2v) is 31.4. The number of carbonyl (C=O) groups excluding carboxylic acids is 4. The summed E-state index contributed by atoms with van der Waals surface area (Å²) in [5, 5.41) is 62.1. The van der Waals surface area contributed by atoms with Crippen LogP contribution in [-0.2, 0) is 63.7 Å². The number of piperidine rings is 1. The predicted octanol–water partition coefficient (Wildman–Crippen LogP) is 4.78. The summed E-state index contributed by atoms with van der Waals surface area (Å²) < 4.78 is 63.0. The Balaban J connectivity index is -0.00000122. The van der Waals surface area contributed by atoms with Gasteiger partial charge < -0.3 is 102 Å². The number of carboxylic acids is 5. The summed E-state index contributed by atoms with van der Waals surface area (Å²) in [5.41, 5.74) is 4.84. The molecule has 0 radical (unpaired) electrons. The van der Waals surface area contributed by atoms with Crippen molar-refractivity contribution in [2.75, 3.05) is 147 Å². The largest absolute Gasteiger partial charge is 0.756 e. The number of carboxylic acid groups (broad SMARTS) is 5. The third kappa shape index (κ3) is 63.3. The monoisotopic (exact) mass is 1470 g/mol. The molecule has 0 bridgehead atoms. The molecule has 1 aliphatic heterocycles. The molecule has 27 nitrogen and oxygen atoms in total. The van der Waals surface area contributed by atoms with E-state index >= 15 is 0 Å². The maximum Gasteiger partial charge on any atom is 0.359 e. The fraction of sp³-hybridized carbons (Fsp3) is 0.831. The number of likely N-dealkylation sites (tertiary alicyclic amines) is 1. The summed E-state index contributed by atoms with van der Waals surface area (Å²) in [4.78, 5) is 77.2. The first kappa shape index (κ1) is 99.8. The Morgan fingerprint density at radius 3 is 1.56 bits per heavy atom. The average Bonchev–Trinajstić information content (AvgIpc) is 0.844. The normalized spacial score (nSPS) is 14.5. The van der Waals surface area contributed by atoms with Crippen molar-refractivity contribution < 1.29 is 124 Å². The number of hydrogen-bond acceptors (Lipinski definition) is 19. The summed E-state index contributed by atoms with van der Waals surface area (Å²) in [6.07, 6.45) is 32.5. The summed E-state index contributed by atoms with van der Waals surface area (Å²) >= 11 is 0. The van der Waals surface area contributed by atoms with Crippen LogP contribution in [0.25, 0.3) is 0 Å². The van der Waals surface area contributed by atoms with E-state index in [2.05, 4.69) is 59.9 Å². The van der Waals surface area contributed by atoms with E-state index in [-0.39, 0.29) is 55.8 Å². The fourth-order valence-electron chi connectivity index (χ4n) is 11.3. The van der Waals surface area contributed by atoms with Crippen LogP contribution < -0.4 is 36.0 Å². The number of quaternary nitrogens is 5. The van der Waals surface area contributed by atoms with Gasteiger partial charge in [-0.05, 0) is 75.5 Å². The van der Waals surface area contributed by atoms with Crippen LogP contribution in [0.3, 0.4) is 0 Å². The first-order chi connectivity index (χ1) is 46.8. The third-order valence-electron chi connectivity index (χ3n) is 17.0. The van der Waals surface area contributed by atoms with E-state index in [1.54, 1.807) is 42.2 Å². The Hall–Kier alpha value is -4.42. The van der Waals surface area contributed by atoms with Crippen LogP contribution in [-0.4, -0.2) is 241 Å². The molecule has 1 fully saturated rings. The number of carbonyl (C=O) groups is 6. The molecule has 588 valence electrons. The molecule has 100 heavy (non-hydrogen) atoms. The summed E-state index contributed by atoms with van der Waals surface area (Å²) in [6, 6.07) is 7.95. The van der Waals surface area contributed by atoms with Crippen molar-refractivity contribution in [1.29, 1.82) is 0 Å². The lowest BCUT2D eigenvalue weighted by Gasteiger charge is -2.43. The van der Waals surface area contributed by atoms with Gasteiger partial charge in [0.25, 0.3) is 7.82 Å². The highest BCUT2D eigenvalue weighted by molar-refractivity contribution is 7.85. The standard InChI is InChI=1S/C21H35NO4.C18H33NO6.C17H37N2O5P.C9H17NO2.C6H15NO4S/c1-5-7-8-18(6-2)15-19-9-11-20(12-10-19)26-14-13-25-17-22(3,4)16-21(23)24;1-2-3-4-5-6-7-8-9-10-11-12-19(13-16(20)21,14-17(22)23)15-18(24)25;1-2-3-4-5-6-7-8-9-10-11-12-17(20)19-14-16-24-25(21,22)23-15-13-18;1-8(9(11)12)10(2)6-4-3-5-7-10;1-7(2,3)4-6(8)5-12(9,10)11/h9-12,18H,5-8,13-17H2,1-4H3;2-15H2,1H3,(H2-,20,21,22,23,24,25);2-16,18H2,1H3,(H,19,20)(H,21,22);8H,3-7H2,1-2H3;6,8H,4-5H2,1-3H3. The molecular weight excluding hydrogens is 1340 g/mol. The van der Waals surface area contributed by atoms with E-state index in [0.717, 1.165) is 76.1 Å². The summed E-state index contributed by atoms with van der Waals surface area (Å²) in [5.74, 6) is -4.99. The molecule has 4 atom stereocenters. The van der Waals surface area contributed by atoms with Gasteiger partial charge >= 0.3 is 11.9 Å². The molecule has 0 saturated carbocycles. The zero-order valence-electron chi connectivity index (χ0n) is 63.4. The molecule has 4 unspecified atom stereocenters.